The van der Waals surface area contributed by atoms with Gasteiger partial charge in [-0.2, -0.15) is 4.31 Å². The van der Waals surface area contributed by atoms with Gasteiger partial charge in [-0.15, -0.1) is 0 Å². The number of aromatic nitrogens is 2. The number of benzene rings is 1. The number of ether oxygens (including phenoxy) is 1. The lowest BCUT2D eigenvalue weighted by Gasteiger charge is -2.34. The molecule has 2 saturated heterocycles. The van der Waals surface area contributed by atoms with Crippen LogP contribution < -0.4 is 11.2 Å². The highest BCUT2D eigenvalue weighted by Crippen LogP contribution is 2.61. The van der Waals surface area contributed by atoms with E-state index in [0.717, 1.165) is 39.8 Å². The summed E-state index contributed by atoms with van der Waals surface area (Å²) in [5.74, 6) is 0. The molecule has 264 valence electrons. The monoisotopic (exact) mass is 704 g/mol. The van der Waals surface area contributed by atoms with E-state index in [0.29, 0.717) is 45.7 Å². The van der Waals surface area contributed by atoms with Crippen molar-refractivity contribution in [1.29, 1.82) is 0 Å². The molecule has 0 bridgehead atoms. The molecule has 2 aromatic rings. The Balaban J connectivity index is 1.62. The molecule has 1 aromatic heterocycles. The smallest absolute Gasteiger partial charge is 0.387 e. The van der Waals surface area contributed by atoms with Gasteiger partial charge in [0.2, 0.25) is 0 Å². The van der Waals surface area contributed by atoms with Gasteiger partial charge in [0.1, 0.15) is 17.8 Å². The quantitative estimate of drug-likeness (QED) is 0.314. The molecule has 2 aliphatic heterocycles. The van der Waals surface area contributed by atoms with E-state index in [1.807, 2.05) is 49.1 Å². The van der Waals surface area contributed by atoms with Crippen LogP contribution in [0.1, 0.15) is 44.9 Å². The Hall–Kier alpha value is -2.04. The van der Waals surface area contributed by atoms with Crippen LogP contribution in [-0.4, -0.2) is 109 Å². The van der Waals surface area contributed by atoms with Gasteiger partial charge in [0.15, 0.2) is 6.23 Å². The topological polar surface area (TPSA) is 202 Å². The van der Waals surface area contributed by atoms with Crippen LogP contribution in [0.2, 0.25) is 0 Å². The molecule has 0 aliphatic carbocycles. The molecule has 6 atom stereocenters. The van der Waals surface area contributed by atoms with Crippen LogP contribution in [0.3, 0.4) is 0 Å². The fourth-order valence-corrected chi connectivity index (χ4v) is 7.93. The molecule has 47 heavy (non-hydrogen) atoms. The summed E-state index contributed by atoms with van der Waals surface area (Å²) in [6.07, 6.45) is -1.86. The van der Waals surface area contributed by atoms with Crippen molar-refractivity contribution in [3.05, 3.63) is 69.0 Å². The molecule has 4 rings (SSSR count). The third-order valence-corrected chi connectivity index (χ3v) is 11.2. The number of hydrogen-bond acceptors (Lipinski definition) is 12. The molecule has 5 unspecified atom stereocenters. The van der Waals surface area contributed by atoms with Crippen LogP contribution in [0.15, 0.2) is 52.2 Å². The van der Waals surface area contributed by atoms with E-state index >= 15 is 0 Å². The zero-order valence-electron chi connectivity index (χ0n) is 26.7. The maximum absolute atomic E-state index is 13.5. The number of aliphatic hydroxyl groups is 2. The summed E-state index contributed by atoms with van der Waals surface area (Å²) in [6.45, 7) is 6.09. The van der Waals surface area contributed by atoms with E-state index in [1.54, 1.807) is 0 Å². The molecular formula is C29H46N4O12P2. The van der Waals surface area contributed by atoms with E-state index < -0.39 is 57.5 Å². The van der Waals surface area contributed by atoms with Gasteiger partial charge >= 0.3 is 21.3 Å². The molecule has 4 N–H and O–H groups in total. The first kappa shape index (κ1) is 37.8. The van der Waals surface area contributed by atoms with E-state index in [-0.39, 0.29) is 19.6 Å². The van der Waals surface area contributed by atoms with Gasteiger partial charge in [0, 0.05) is 31.9 Å². The predicted molar refractivity (Wildman–Crippen MR) is 171 cm³/mol. The lowest BCUT2D eigenvalue weighted by atomic mass is 9.92. The molecule has 2 fully saturated rings. The molecule has 3 heterocycles. The first-order valence-electron chi connectivity index (χ1n) is 15.8. The minimum absolute atomic E-state index is 0.0354. The summed E-state index contributed by atoms with van der Waals surface area (Å²) in [4.78, 5) is 50.8. The van der Waals surface area contributed by atoms with E-state index in [9.17, 15) is 38.7 Å². The first-order valence-corrected chi connectivity index (χ1v) is 18.8. The number of aryl methyl sites for hydroxylation is 1. The maximum Gasteiger partial charge on any atom is 0.481 e. The number of hydrogen-bond donors (Lipinski definition) is 4. The fraction of sp³-hybridized carbons (Fsp3) is 0.655. The van der Waals surface area contributed by atoms with Crippen LogP contribution in [0, 0.1) is 0 Å². The number of phosphoric acid groups is 2. The zero-order valence-corrected chi connectivity index (χ0v) is 28.5. The van der Waals surface area contributed by atoms with Crippen molar-refractivity contribution in [2.24, 2.45) is 0 Å². The Kier molecular flexibility index (Phi) is 13.3. The summed E-state index contributed by atoms with van der Waals surface area (Å²) in [5, 5.41) is 22.6. The first-order chi connectivity index (χ1) is 22.3. The lowest BCUT2D eigenvalue weighted by Crippen LogP contribution is -2.49. The summed E-state index contributed by atoms with van der Waals surface area (Å²) in [6, 6.07) is 10.4. The van der Waals surface area contributed by atoms with E-state index in [2.05, 4.69) is 9.21 Å². The maximum atomic E-state index is 13.5. The van der Waals surface area contributed by atoms with Gasteiger partial charge in [-0.05, 0) is 57.4 Å². The summed E-state index contributed by atoms with van der Waals surface area (Å²) < 4.78 is 48.0. The second-order valence-corrected chi connectivity index (χ2v) is 14.7. The molecule has 0 radical (unpaired) electrons. The third kappa shape index (κ3) is 10.0. The number of phosphoric ester groups is 2. The van der Waals surface area contributed by atoms with E-state index in [1.165, 1.54) is 0 Å². The van der Waals surface area contributed by atoms with Crippen LogP contribution in [0.5, 0.6) is 0 Å². The van der Waals surface area contributed by atoms with Crippen molar-refractivity contribution < 1.29 is 47.2 Å². The van der Waals surface area contributed by atoms with Crippen LogP contribution >= 0.6 is 15.6 Å². The Morgan fingerprint density at radius 1 is 0.894 bits per heavy atom. The van der Waals surface area contributed by atoms with Crippen LogP contribution in [-0.2, 0) is 40.2 Å². The average Bonchev–Trinajstić information content (AvgIpc) is 3.27. The van der Waals surface area contributed by atoms with Crippen LogP contribution in [0.25, 0.3) is 0 Å². The normalized spacial score (nSPS) is 32.8. The van der Waals surface area contributed by atoms with Crippen LogP contribution in [0.4, 0.5) is 0 Å². The third-order valence-electron chi connectivity index (χ3n) is 8.63. The van der Waals surface area contributed by atoms with Gasteiger partial charge in [-0.3, -0.25) is 23.0 Å². The number of likely N-dealkylation sites (N-methyl/N-ethyl adjacent to an activating group) is 1. The minimum Gasteiger partial charge on any atom is -0.387 e. The molecule has 0 amide bonds. The lowest BCUT2D eigenvalue weighted by molar-refractivity contribution is -0.133. The van der Waals surface area contributed by atoms with Crippen molar-refractivity contribution in [2.45, 2.75) is 70.1 Å². The van der Waals surface area contributed by atoms with Crippen molar-refractivity contribution in [2.75, 3.05) is 52.5 Å². The molecule has 18 heteroatoms. The minimum atomic E-state index is -5.29. The van der Waals surface area contributed by atoms with Crippen molar-refractivity contribution in [1.82, 2.24) is 18.9 Å². The number of rotatable bonds is 6. The Labute approximate surface area is 273 Å². The molecule has 1 spiro atoms. The molecule has 16 nitrogen and oxygen atoms in total. The second-order valence-electron chi connectivity index (χ2n) is 11.7. The highest BCUT2D eigenvalue weighted by molar-refractivity contribution is 7.61. The molecular weight excluding hydrogens is 658 g/mol. The van der Waals surface area contributed by atoms with Gasteiger partial charge < -0.3 is 34.5 Å². The van der Waals surface area contributed by atoms with Gasteiger partial charge in [-0.25, -0.2) is 13.9 Å². The molecule has 2 aliphatic rings. The standard InChI is InChI=1S/C29H46N4O12P2/c1-3-30-15-8-9-16-31(4-2)20-21-42-46(38,39)45-47(40,41)43-22-29(14-19-30)26(36)25(35)27(44-29)33-18-13-24(34)32(28(33)37)17-12-23-10-6-5-7-11-23/h5-7,10-11,13,18,25-27,35-36H,3-4,8-9,12,14-17,19-22H2,1-2H3,(H,38,39)(H,40,41)/t25?,26-,27?,29?/m1/s1. The van der Waals surface area contributed by atoms with Crippen molar-refractivity contribution >= 4 is 15.6 Å². The number of nitrogens with zero attached hydrogens (tertiary/aromatic N) is 4. The highest BCUT2D eigenvalue weighted by atomic mass is 31.3. The largest absolute Gasteiger partial charge is 0.481 e. The molecule has 0 saturated carbocycles. The highest BCUT2D eigenvalue weighted by Gasteiger charge is 2.56. The molecule has 1 aromatic carbocycles. The van der Waals surface area contributed by atoms with Gasteiger partial charge in [-0.1, -0.05) is 44.2 Å². The summed E-state index contributed by atoms with van der Waals surface area (Å²) in [5.41, 5.74) is -2.34. The Bertz CT molecular complexity index is 1520. The van der Waals surface area contributed by atoms with Gasteiger partial charge in [0.25, 0.3) is 5.56 Å². The summed E-state index contributed by atoms with van der Waals surface area (Å²) in [7, 11) is -10.3. The fourth-order valence-electron chi connectivity index (χ4n) is 5.81. The predicted octanol–water partition coefficient (Wildman–Crippen LogP) is 1.32. The Morgan fingerprint density at radius 3 is 2.19 bits per heavy atom. The van der Waals surface area contributed by atoms with Crippen molar-refractivity contribution in [3.63, 3.8) is 0 Å². The van der Waals surface area contributed by atoms with Crippen molar-refractivity contribution in [3.8, 4) is 0 Å². The van der Waals surface area contributed by atoms with Gasteiger partial charge in [0.05, 0.1) is 13.2 Å². The average molecular weight is 705 g/mol. The second kappa shape index (κ2) is 16.6. The van der Waals surface area contributed by atoms with E-state index in [4.69, 9.17) is 13.8 Å². The SMILES string of the molecule is CCN1CCCCN(CC)CCC2(COP(=O)(O)OP(=O)(O)OCC1)OC(n1ccc(=O)n(CCc3ccccc3)c1=O)C(O)[C@H]2O. The Morgan fingerprint density at radius 2 is 1.53 bits per heavy atom. The number of aliphatic hydroxyl groups excluding tert-OH is 2. The zero-order chi connectivity index (χ0) is 34.2. The summed E-state index contributed by atoms with van der Waals surface area (Å²) >= 11 is 0.